The van der Waals surface area contributed by atoms with Gasteiger partial charge in [-0.25, -0.2) is 0 Å². The van der Waals surface area contributed by atoms with E-state index in [9.17, 15) is 4.79 Å². The van der Waals surface area contributed by atoms with Gasteiger partial charge < -0.3 is 0 Å². The number of rotatable bonds is 2. The SMILES string of the molecule is CCN1CCCCC1CC#CC=O. The molecule has 1 rings (SSSR count). The number of nitrogens with zero attached hydrogens (tertiary/aromatic N) is 1. The van der Waals surface area contributed by atoms with Gasteiger partial charge in [0.1, 0.15) is 0 Å². The molecular formula is C11H17NO. The van der Waals surface area contributed by atoms with E-state index in [1.165, 1.54) is 25.8 Å². The van der Waals surface area contributed by atoms with Gasteiger partial charge >= 0.3 is 0 Å². The Hall–Kier alpha value is -0.810. The van der Waals surface area contributed by atoms with Gasteiger partial charge in [0, 0.05) is 12.5 Å². The van der Waals surface area contributed by atoms with Crippen molar-refractivity contribution in [1.29, 1.82) is 0 Å². The van der Waals surface area contributed by atoms with Crippen LogP contribution in [0.25, 0.3) is 0 Å². The minimum absolute atomic E-state index is 0.589. The summed E-state index contributed by atoms with van der Waals surface area (Å²) in [4.78, 5) is 12.5. The van der Waals surface area contributed by atoms with Crippen LogP contribution < -0.4 is 0 Å². The average molecular weight is 179 g/mol. The first-order valence-electron chi connectivity index (χ1n) is 5.04. The Morgan fingerprint density at radius 2 is 2.38 bits per heavy atom. The third-order valence-electron chi connectivity index (χ3n) is 2.65. The van der Waals surface area contributed by atoms with Crippen LogP contribution in [0.2, 0.25) is 0 Å². The summed E-state index contributed by atoms with van der Waals surface area (Å²) < 4.78 is 0. The fourth-order valence-corrected chi connectivity index (χ4v) is 1.93. The van der Waals surface area contributed by atoms with Gasteiger partial charge in [0.05, 0.1) is 0 Å². The van der Waals surface area contributed by atoms with Crippen LogP contribution in [0.1, 0.15) is 32.6 Å². The van der Waals surface area contributed by atoms with Crippen molar-refractivity contribution in [2.24, 2.45) is 0 Å². The van der Waals surface area contributed by atoms with Crippen LogP contribution in [0.4, 0.5) is 0 Å². The molecule has 0 aromatic rings. The number of piperidine rings is 1. The van der Waals surface area contributed by atoms with Crippen LogP contribution in [-0.2, 0) is 4.79 Å². The molecule has 2 nitrogen and oxygen atoms in total. The summed E-state index contributed by atoms with van der Waals surface area (Å²) in [7, 11) is 0. The molecule has 0 radical (unpaired) electrons. The van der Waals surface area contributed by atoms with Crippen LogP contribution in [-0.4, -0.2) is 30.3 Å². The fourth-order valence-electron chi connectivity index (χ4n) is 1.93. The van der Waals surface area contributed by atoms with E-state index in [1.54, 1.807) is 0 Å². The Balaban J connectivity index is 2.40. The van der Waals surface area contributed by atoms with Crippen molar-refractivity contribution in [2.75, 3.05) is 13.1 Å². The minimum Gasteiger partial charge on any atom is -0.300 e. The lowest BCUT2D eigenvalue weighted by Gasteiger charge is -2.33. The average Bonchev–Trinajstić information content (AvgIpc) is 2.19. The highest BCUT2D eigenvalue weighted by Gasteiger charge is 2.19. The Morgan fingerprint density at radius 3 is 3.08 bits per heavy atom. The van der Waals surface area contributed by atoms with Crippen LogP contribution in [0.15, 0.2) is 0 Å². The summed E-state index contributed by atoms with van der Waals surface area (Å²) >= 11 is 0. The summed E-state index contributed by atoms with van der Waals surface area (Å²) in [6, 6.07) is 0.589. The summed E-state index contributed by atoms with van der Waals surface area (Å²) in [5, 5.41) is 0. The second-order valence-corrected chi connectivity index (χ2v) is 3.42. The molecule has 1 aliphatic rings. The van der Waals surface area contributed by atoms with Crippen LogP contribution in [0.3, 0.4) is 0 Å². The Kier molecular flexibility index (Phi) is 4.56. The lowest BCUT2D eigenvalue weighted by molar-refractivity contribution is -0.103. The fraction of sp³-hybridized carbons (Fsp3) is 0.727. The van der Waals surface area contributed by atoms with Gasteiger partial charge in [0.25, 0.3) is 0 Å². The predicted molar refractivity (Wildman–Crippen MR) is 53.3 cm³/mol. The second-order valence-electron chi connectivity index (χ2n) is 3.42. The highest BCUT2D eigenvalue weighted by molar-refractivity contribution is 5.72. The maximum Gasteiger partial charge on any atom is 0.192 e. The van der Waals surface area contributed by atoms with Crippen LogP contribution >= 0.6 is 0 Å². The molecular weight excluding hydrogens is 162 g/mol. The lowest BCUT2D eigenvalue weighted by Crippen LogP contribution is -2.38. The van der Waals surface area contributed by atoms with E-state index in [0.717, 1.165) is 13.0 Å². The van der Waals surface area contributed by atoms with E-state index < -0.39 is 0 Å². The highest BCUT2D eigenvalue weighted by Crippen LogP contribution is 2.18. The summed E-state index contributed by atoms with van der Waals surface area (Å²) in [5.74, 6) is 5.39. The van der Waals surface area contributed by atoms with Crippen molar-refractivity contribution >= 4 is 6.29 Å². The first kappa shape index (κ1) is 10.3. The molecule has 13 heavy (non-hydrogen) atoms. The summed E-state index contributed by atoms with van der Waals surface area (Å²) in [6.45, 7) is 4.49. The molecule has 0 bridgehead atoms. The topological polar surface area (TPSA) is 20.3 Å². The van der Waals surface area contributed by atoms with Crippen molar-refractivity contribution < 1.29 is 4.79 Å². The van der Waals surface area contributed by atoms with Gasteiger partial charge in [0.15, 0.2) is 6.29 Å². The van der Waals surface area contributed by atoms with Gasteiger partial charge in [-0.3, -0.25) is 9.69 Å². The van der Waals surface area contributed by atoms with Crippen molar-refractivity contribution in [3.63, 3.8) is 0 Å². The maximum atomic E-state index is 10.0. The number of carbonyl (C=O) groups is 1. The lowest BCUT2D eigenvalue weighted by atomic mass is 10.00. The van der Waals surface area contributed by atoms with Crippen molar-refractivity contribution in [1.82, 2.24) is 4.90 Å². The monoisotopic (exact) mass is 179 g/mol. The number of aldehydes is 1. The third-order valence-corrected chi connectivity index (χ3v) is 2.65. The third kappa shape index (κ3) is 3.20. The van der Waals surface area contributed by atoms with Gasteiger partial charge in [0.2, 0.25) is 0 Å². The van der Waals surface area contributed by atoms with E-state index in [2.05, 4.69) is 23.7 Å². The number of likely N-dealkylation sites (tertiary alicyclic amines) is 1. The molecule has 0 spiro atoms. The molecule has 0 aromatic carbocycles. The largest absolute Gasteiger partial charge is 0.300 e. The van der Waals surface area contributed by atoms with E-state index in [1.807, 2.05) is 0 Å². The normalized spacial score (nSPS) is 23.3. The minimum atomic E-state index is 0.589. The van der Waals surface area contributed by atoms with Gasteiger partial charge in [-0.05, 0) is 31.9 Å². The molecule has 1 saturated heterocycles. The molecule has 2 heteroatoms. The molecule has 0 aromatic heterocycles. The number of carbonyl (C=O) groups excluding carboxylic acids is 1. The maximum absolute atomic E-state index is 10.0. The second kappa shape index (κ2) is 5.77. The van der Waals surface area contributed by atoms with E-state index in [-0.39, 0.29) is 0 Å². The van der Waals surface area contributed by atoms with Crippen molar-refractivity contribution in [3.05, 3.63) is 0 Å². The zero-order valence-corrected chi connectivity index (χ0v) is 8.25. The van der Waals surface area contributed by atoms with Crippen LogP contribution in [0, 0.1) is 11.8 Å². The van der Waals surface area contributed by atoms with Crippen molar-refractivity contribution in [2.45, 2.75) is 38.6 Å². The molecule has 0 saturated carbocycles. The Bertz CT molecular complexity index is 214. The highest BCUT2D eigenvalue weighted by atomic mass is 16.1. The first-order chi connectivity index (χ1) is 6.38. The summed E-state index contributed by atoms with van der Waals surface area (Å²) in [5.41, 5.74) is 0. The van der Waals surface area contributed by atoms with E-state index in [4.69, 9.17) is 0 Å². The van der Waals surface area contributed by atoms with Gasteiger partial charge in [-0.2, -0.15) is 0 Å². The first-order valence-corrected chi connectivity index (χ1v) is 5.04. The molecule has 1 heterocycles. The van der Waals surface area contributed by atoms with Crippen molar-refractivity contribution in [3.8, 4) is 11.8 Å². The van der Waals surface area contributed by atoms with E-state index >= 15 is 0 Å². The Labute approximate surface area is 80.3 Å². The molecule has 1 unspecified atom stereocenters. The van der Waals surface area contributed by atoms with Gasteiger partial charge in [-0.1, -0.05) is 19.3 Å². The predicted octanol–water partition coefficient (Wildman–Crippen LogP) is 1.45. The molecule has 1 atom stereocenters. The van der Waals surface area contributed by atoms with Crippen LogP contribution in [0.5, 0.6) is 0 Å². The zero-order valence-electron chi connectivity index (χ0n) is 8.25. The molecule has 0 amide bonds. The van der Waals surface area contributed by atoms with E-state index in [0.29, 0.717) is 12.3 Å². The van der Waals surface area contributed by atoms with Gasteiger partial charge in [-0.15, -0.1) is 0 Å². The summed E-state index contributed by atoms with van der Waals surface area (Å²) in [6.07, 6.45) is 5.39. The zero-order chi connectivity index (χ0) is 9.52. The Morgan fingerprint density at radius 1 is 1.54 bits per heavy atom. The molecule has 0 aliphatic carbocycles. The smallest absolute Gasteiger partial charge is 0.192 e. The molecule has 1 aliphatic heterocycles. The molecule has 72 valence electrons. The molecule has 1 fully saturated rings. The number of hydrogen-bond donors (Lipinski definition) is 0. The quantitative estimate of drug-likeness (QED) is 0.472. The molecule has 0 N–H and O–H groups in total. The number of hydrogen-bond acceptors (Lipinski definition) is 2. The standard InChI is InChI=1S/C11H17NO/c1-2-12-9-5-3-7-11(12)8-4-6-10-13/h10-11H,2-3,5,7-9H2,1H3.